The maximum Gasteiger partial charge on any atom is 0.159 e. The molecular formula is C14H24N4S2. The highest BCUT2D eigenvalue weighted by Crippen LogP contribution is 2.22. The van der Waals surface area contributed by atoms with Gasteiger partial charge in [-0.3, -0.25) is 0 Å². The zero-order valence-corrected chi connectivity index (χ0v) is 14.3. The third-order valence-corrected chi connectivity index (χ3v) is 4.08. The average Bonchev–Trinajstić information content (AvgIpc) is 2.43. The van der Waals surface area contributed by atoms with Crippen molar-refractivity contribution in [3.05, 3.63) is 16.8 Å². The minimum atomic E-state index is 0.321. The van der Waals surface area contributed by atoms with E-state index in [-0.39, 0.29) is 0 Å². The summed E-state index contributed by atoms with van der Waals surface area (Å²) in [5.41, 5.74) is 8.88. The molecule has 1 atom stereocenters. The number of hydrogen-bond acceptors (Lipinski definition) is 5. The number of thiocarbonyl (C=S) groups is 1. The van der Waals surface area contributed by atoms with E-state index in [1.54, 1.807) is 0 Å². The second kappa shape index (κ2) is 8.42. The number of nitrogens with two attached hydrogens (primary N) is 1. The van der Waals surface area contributed by atoms with Crippen molar-refractivity contribution in [3.8, 4) is 0 Å². The van der Waals surface area contributed by atoms with Crippen LogP contribution in [0.2, 0.25) is 0 Å². The number of aromatic nitrogens is 2. The van der Waals surface area contributed by atoms with Gasteiger partial charge < -0.3 is 11.1 Å². The van der Waals surface area contributed by atoms with Crippen molar-refractivity contribution in [3.63, 3.8) is 0 Å². The lowest BCUT2D eigenvalue weighted by atomic mass is 10.0. The minimum Gasteiger partial charge on any atom is -0.389 e. The number of anilines is 1. The molecule has 4 nitrogen and oxygen atoms in total. The molecule has 0 aliphatic heterocycles. The first kappa shape index (κ1) is 17.2. The molecule has 112 valence electrons. The van der Waals surface area contributed by atoms with Gasteiger partial charge in [-0.05, 0) is 43.8 Å². The Kier molecular flexibility index (Phi) is 7.23. The summed E-state index contributed by atoms with van der Waals surface area (Å²) in [5, 5.41) is 12.0. The van der Waals surface area contributed by atoms with Gasteiger partial charge in [0, 0.05) is 6.04 Å². The molecule has 0 spiro atoms. The zero-order chi connectivity index (χ0) is 15.1. The van der Waals surface area contributed by atoms with Gasteiger partial charge in [-0.1, -0.05) is 26.1 Å². The summed E-state index contributed by atoms with van der Waals surface area (Å²) in [5.74, 6) is 1.83. The Labute approximate surface area is 131 Å². The Morgan fingerprint density at radius 2 is 2.05 bits per heavy atom. The van der Waals surface area contributed by atoms with Crippen LogP contribution in [0.3, 0.4) is 0 Å². The zero-order valence-electron chi connectivity index (χ0n) is 12.7. The van der Waals surface area contributed by atoms with E-state index in [1.807, 2.05) is 11.8 Å². The molecule has 0 saturated carbocycles. The molecule has 0 saturated heterocycles. The van der Waals surface area contributed by atoms with E-state index in [0.29, 0.717) is 11.0 Å². The van der Waals surface area contributed by atoms with Gasteiger partial charge in [0.2, 0.25) is 0 Å². The fourth-order valence-corrected chi connectivity index (χ4v) is 2.95. The highest BCUT2D eigenvalue weighted by atomic mass is 32.2. The Balaban J connectivity index is 3.09. The molecule has 0 amide bonds. The van der Waals surface area contributed by atoms with Crippen LogP contribution in [-0.4, -0.2) is 33.2 Å². The Bertz CT molecular complexity index is 463. The monoisotopic (exact) mass is 312 g/mol. The molecule has 0 aliphatic carbocycles. The first-order chi connectivity index (χ1) is 9.54. The van der Waals surface area contributed by atoms with Crippen molar-refractivity contribution in [1.82, 2.24) is 10.2 Å². The fourth-order valence-electron chi connectivity index (χ4n) is 2.14. The van der Waals surface area contributed by atoms with Crippen LogP contribution in [0, 0.1) is 0 Å². The summed E-state index contributed by atoms with van der Waals surface area (Å²) in [4.78, 5) is 0.394. The molecule has 0 bridgehead atoms. The number of nitrogens with one attached hydrogen (secondary N) is 1. The van der Waals surface area contributed by atoms with Crippen molar-refractivity contribution in [2.24, 2.45) is 5.73 Å². The van der Waals surface area contributed by atoms with Crippen molar-refractivity contribution >= 4 is 34.8 Å². The van der Waals surface area contributed by atoms with E-state index < -0.39 is 0 Å². The van der Waals surface area contributed by atoms with Gasteiger partial charge in [0.15, 0.2) is 5.82 Å². The van der Waals surface area contributed by atoms with E-state index in [2.05, 4.69) is 42.5 Å². The average molecular weight is 313 g/mol. The third-order valence-electron chi connectivity index (χ3n) is 3.23. The number of hydrogen-bond donors (Lipinski definition) is 2. The second-order valence-electron chi connectivity index (χ2n) is 4.75. The molecule has 0 aromatic carbocycles. The molecule has 1 rings (SSSR count). The Morgan fingerprint density at radius 1 is 1.35 bits per heavy atom. The van der Waals surface area contributed by atoms with Crippen LogP contribution in [0.1, 0.15) is 44.0 Å². The van der Waals surface area contributed by atoms with E-state index in [9.17, 15) is 0 Å². The summed E-state index contributed by atoms with van der Waals surface area (Å²) in [6, 6.07) is 0.321. The van der Waals surface area contributed by atoms with E-state index >= 15 is 0 Å². The maximum absolute atomic E-state index is 5.91. The lowest BCUT2D eigenvalue weighted by Gasteiger charge is -2.19. The first-order valence-electron chi connectivity index (χ1n) is 6.98. The molecule has 1 unspecified atom stereocenters. The first-order valence-corrected chi connectivity index (χ1v) is 8.78. The van der Waals surface area contributed by atoms with Gasteiger partial charge in [0.05, 0.1) is 11.3 Å². The highest BCUT2D eigenvalue weighted by molar-refractivity contribution is 7.98. The maximum atomic E-state index is 5.91. The summed E-state index contributed by atoms with van der Waals surface area (Å²) >= 11 is 7.06. The SMILES string of the molecule is CCc1nnc(NC(C)CCSC)c(C(N)=S)c1CC. The quantitative estimate of drug-likeness (QED) is 0.720. The van der Waals surface area contributed by atoms with Gasteiger partial charge in [-0.2, -0.15) is 16.9 Å². The largest absolute Gasteiger partial charge is 0.389 e. The molecule has 6 heteroatoms. The molecule has 20 heavy (non-hydrogen) atoms. The second-order valence-corrected chi connectivity index (χ2v) is 6.17. The topological polar surface area (TPSA) is 63.8 Å². The van der Waals surface area contributed by atoms with Crippen LogP contribution in [0.15, 0.2) is 0 Å². The van der Waals surface area contributed by atoms with Crippen molar-refractivity contribution in [2.75, 3.05) is 17.3 Å². The van der Waals surface area contributed by atoms with Crippen molar-refractivity contribution in [1.29, 1.82) is 0 Å². The van der Waals surface area contributed by atoms with Gasteiger partial charge in [0.25, 0.3) is 0 Å². The standard InChI is InChI=1S/C14H24N4S2/c1-5-10-11(6-2)17-18-14(12(10)13(15)19)16-9(3)7-8-20-4/h9H,5-8H2,1-4H3,(H2,15,19)(H,16,18). The summed E-state index contributed by atoms with van der Waals surface area (Å²) in [7, 11) is 0. The molecular weight excluding hydrogens is 288 g/mol. The van der Waals surface area contributed by atoms with Crippen LogP contribution in [0.5, 0.6) is 0 Å². The predicted molar refractivity (Wildman–Crippen MR) is 92.8 cm³/mol. The van der Waals surface area contributed by atoms with E-state index in [0.717, 1.165) is 47.7 Å². The number of aryl methyl sites for hydroxylation is 1. The minimum absolute atomic E-state index is 0.321. The number of thioether (sulfide) groups is 1. The Hall–Kier alpha value is -0.880. The molecule has 1 heterocycles. The summed E-state index contributed by atoms with van der Waals surface area (Å²) in [6.45, 7) is 6.31. The molecule has 3 N–H and O–H groups in total. The lowest BCUT2D eigenvalue weighted by Crippen LogP contribution is -2.24. The van der Waals surface area contributed by atoms with E-state index in [1.165, 1.54) is 0 Å². The van der Waals surface area contributed by atoms with Gasteiger partial charge >= 0.3 is 0 Å². The molecule has 1 aromatic rings. The molecule has 0 radical (unpaired) electrons. The van der Waals surface area contributed by atoms with Gasteiger partial charge in [-0.15, -0.1) is 5.10 Å². The van der Waals surface area contributed by atoms with Gasteiger partial charge in [0.1, 0.15) is 4.99 Å². The fraction of sp³-hybridized carbons (Fsp3) is 0.643. The summed E-state index contributed by atoms with van der Waals surface area (Å²) < 4.78 is 0. The van der Waals surface area contributed by atoms with Crippen LogP contribution in [0.25, 0.3) is 0 Å². The normalized spacial score (nSPS) is 12.2. The van der Waals surface area contributed by atoms with Crippen LogP contribution >= 0.6 is 24.0 Å². The van der Waals surface area contributed by atoms with Crippen LogP contribution < -0.4 is 11.1 Å². The third kappa shape index (κ3) is 4.31. The summed E-state index contributed by atoms with van der Waals surface area (Å²) in [6.07, 6.45) is 4.88. The number of nitrogens with zero attached hydrogens (tertiary/aromatic N) is 2. The van der Waals surface area contributed by atoms with Gasteiger partial charge in [-0.25, -0.2) is 0 Å². The lowest BCUT2D eigenvalue weighted by molar-refractivity contribution is 0.756. The van der Waals surface area contributed by atoms with Crippen molar-refractivity contribution < 1.29 is 0 Å². The highest BCUT2D eigenvalue weighted by Gasteiger charge is 2.17. The van der Waals surface area contributed by atoms with Crippen molar-refractivity contribution in [2.45, 2.75) is 46.1 Å². The van der Waals surface area contributed by atoms with Crippen LogP contribution in [-0.2, 0) is 12.8 Å². The molecule has 0 fully saturated rings. The van der Waals surface area contributed by atoms with E-state index in [4.69, 9.17) is 18.0 Å². The molecule has 0 aliphatic rings. The van der Waals surface area contributed by atoms with Crippen LogP contribution in [0.4, 0.5) is 5.82 Å². The smallest absolute Gasteiger partial charge is 0.159 e. The predicted octanol–water partition coefficient (Wildman–Crippen LogP) is 2.79. The molecule has 1 aromatic heterocycles. The Morgan fingerprint density at radius 3 is 2.55 bits per heavy atom. The number of rotatable bonds is 8.